The van der Waals surface area contributed by atoms with E-state index in [9.17, 15) is 4.79 Å². The molecule has 94 valence electrons. The average molecular weight is 315 g/mol. The molecule has 0 radical (unpaired) electrons. The van der Waals surface area contributed by atoms with Crippen molar-refractivity contribution in [3.8, 4) is 0 Å². The Morgan fingerprint density at radius 1 is 1.35 bits per heavy atom. The van der Waals surface area contributed by atoms with Crippen LogP contribution in [0.15, 0.2) is 15.2 Å². The molecule has 0 atom stereocenters. The van der Waals surface area contributed by atoms with E-state index in [1.54, 1.807) is 11.3 Å². The first-order valence-electron chi connectivity index (χ1n) is 6.48. The molecular formula is C14H19BrOS. The predicted molar refractivity (Wildman–Crippen MR) is 76.7 cm³/mol. The predicted octanol–water partition coefficient (Wildman–Crippen LogP) is 5.30. The number of rotatable bonds is 4. The fourth-order valence-electron chi connectivity index (χ4n) is 2.80. The lowest BCUT2D eigenvalue weighted by Gasteiger charge is -2.27. The van der Waals surface area contributed by atoms with Crippen molar-refractivity contribution in [2.24, 2.45) is 11.8 Å². The van der Waals surface area contributed by atoms with Gasteiger partial charge in [-0.2, -0.15) is 11.3 Å². The fourth-order valence-corrected chi connectivity index (χ4v) is 4.28. The second-order valence-electron chi connectivity index (χ2n) is 5.00. The van der Waals surface area contributed by atoms with Crippen molar-refractivity contribution in [3.63, 3.8) is 0 Å². The number of halogens is 1. The molecule has 0 saturated heterocycles. The third kappa shape index (κ3) is 3.19. The third-order valence-corrected chi connectivity index (χ3v) is 5.50. The van der Waals surface area contributed by atoms with E-state index < -0.39 is 0 Å². The lowest BCUT2D eigenvalue weighted by Crippen LogP contribution is -2.21. The molecule has 1 fully saturated rings. The zero-order valence-corrected chi connectivity index (χ0v) is 12.6. The van der Waals surface area contributed by atoms with Gasteiger partial charge in [0.2, 0.25) is 0 Å². The highest BCUT2D eigenvalue weighted by molar-refractivity contribution is 9.10. The van der Waals surface area contributed by atoms with Gasteiger partial charge in [-0.15, -0.1) is 0 Å². The summed E-state index contributed by atoms with van der Waals surface area (Å²) in [5.41, 5.74) is 0.897. The summed E-state index contributed by atoms with van der Waals surface area (Å²) in [5, 5.41) is 3.97. The first kappa shape index (κ1) is 13.3. The highest BCUT2D eigenvalue weighted by atomic mass is 79.9. The zero-order valence-electron chi connectivity index (χ0n) is 10.2. The maximum atomic E-state index is 12.3. The second kappa shape index (κ2) is 6.14. The van der Waals surface area contributed by atoms with Gasteiger partial charge < -0.3 is 0 Å². The molecule has 0 aromatic carbocycles. The number of Topliss-reactive ketones (excluding diaryl/α,β-unsaturated/α-hetero) is 1. The van der Waals surface area contributed by atoms with Gasteiger partial charge >= 0.3 is 0 Å². The molecule has 0 bridgehead atoms. The average Bonchev–Trinajstić information content (AvgIpc) is 2.76. The fraction of sp³-hybridized carbons (Fsp3) is 0.643. The van der Waals surface area contributed by atoms with Gasteiger partial charge in [-0.25, -0.2) is 0 Å². The van der Waals surface area contributed by atoms with E-state index in [4.69, 9.17) is 0 Å². The summed E-state index contributed by atoms with van der Waals surface area (Å²) in [6.45, 7) is 2.25. The Hall–Kier alpha value is -0.150. The minimum atomic E-state index is 0.272. The maximum absolute atomic E-state index is 12.3. The summed E-state index contributed by atoms with van der Waals surface area (Å²) in [6, 6.07) is 0. The molecular weight excluding hydrogens is 296 g/mol. The van der Waals surface area contributed by atoms with Gasteiger partial charge in [0.1, 0.15) is 0 Å². The van der Waals surface area contributed by atoms with Crippen molar-refractivity contribution in [2.45, 2.75) is 45.4 Å². The van der Waals surface area contributed by atoms with Crippen LogP contribution in [-0.2, 0) is 0 Å². The Morgan fingerprint density at radius 2 is 2.06 bits per heavy atom. The van der Waals surface area contributed by atoms with Crippen LogP contribution >= 0.6 is 27.3 Å². The Balaban J connectivity index is 1.93. The summed E-state index contributed by atoms with van der Waals surface area (Å²) in [6.07, 6.45) is 7.28. The molecule has 0 aliphatic heterocycles. The van der Waals surface area contributed by atoms with Crippen molar-refractivity contribution >= 4 is 33.0 Å². The van der Waals surface area contributed by atoms with E-state index in [2.05, 4.69) is 22.9 Å². The summed E-state index contributed by atoms with van der Waals surface area (Å²) in [4.78, 5) is 12.3. The minimum Gasteiger partial charge on any atom is -0.294 e. The molecule has 2 rings (SSSR count). The number of thiophene rings is 1. The van der Waals surface area contributed by atoms with E-state index >= 15 is 0 Å². The standard InChI is InChI=1S/C14H19BrOS/c1-2-3-10-4-6-11(7-5-10)14(16)12-8-17-9-13(12)15/h8-11H,2-7H2,1H3. The maximum Gasteiger partial charge on any atom is 0.167 e. The number of carbonyl (C=O) groups excluding carboxylic acids is 1. The second-order valence-corrected chi connectivity index (χ2v) is 6.60. The van der Waals surface area contributed by atoms with E-state index in [1.165, 1.54) is 25.7 Å². The smallest absolute Gasteiger partial charge is 0.167 e. The number of ketones is 1. The highest BCUT2D eigenvalue weighted by Gasteiger charge is 2.27. The van der Waals surface area contributed by atoms with E-state index in [1.807, 2.05) is 10.8 Å². The number of carbonyl (C=O) groups is 1. The molecule has 1 aliphatic carbocycles. The minimum absolute atomic E-state index is 0.272. The molecule has 1 aromatic heterocycles. The number of hydrogen-bond acceptors (Lipinski definition) is 2. The topological polar surface area (TPSA) is 17.1 Å². The summed E-state index contributed by atoms with van der Waals surface area (Å²) in [5.74, 6) is 1.50. The molecule has 1 nitrogen and oxygen atoms in total. The molecule has 0 amide bonds. The highest BCUT2D eigenvalue weighted by Crippen LogP contribution is 2.35. The van der Waals surface area contributed by atoms with Gasteiger partial charge in [0.05, 0.1) is 0 Å². The SMILES string of the molecule is CCCC1CCC(C(=O)c2cscc2Br)CC1. The van der Waals surface area contributed by atoms with E-state index in [-0.39, 0.29) is 5.92 Å². The Kier molecular flexibility index (Phi) is 4.80. The van der Waals surface area contributed by atoms with Gasteiger partial charge in [-0.3, -0.25) is 4.79 Å². The van der Waals surface area contributed by atoms with Crippen LogP contribution in [0.2, 0.25) is 0 Å². The normalized spacial score (nSPS) is 24.8. The van der Waals surface area contributed by atoms with Crippen LogP contribution in [-0.4, -0.2) is 5.78 Å². The molecule has 0 N–H and O–H groups in total. The van der Waals surface area contributed by atoms with Crippen LogP contribution in [0, 0.1) is 11.8 Å². The third-order valence-electron chi connectivity index (χ3n) is 3.79. The molecule has 1 heterocycles. The van der Waals surface area contributed by atoms with E-state index in [0.717, 1.165) is 28.8 Å². The van der Waals surface area contributed by atoms with Gasteiger partial charge in [0, 0.05) is 26.7 Å². The van der Waals surface area contributed by atoms with Gasteiger partial charge in [-0.05, 0) is 47.5 Å². The molecule has 3 heteroatoms. The largest absolute Gasteiger partial charge is 0.294 e. The molecule has 1 aromatic rings. The molecule has 1 aliphatic rings. The van der Waals surface area contributed by atoms with E-state index in [0.29, 0.717) is 5.78 Å². The summed E-state index contributed by atoms with van der Waals surface area (Å²) in [7, 11) is 0. The molecule has 17 heavy (non-hydrogen) atoms. The van der Waals surface area contributed by atoms with Crippen LogP contribution in [0.1, 0.15) is 55.8 Å². The van der Waals surface area contributed by atoms with Gasteiger partial charge in [0.15, 0.2) is 5.78 Å². The van der Waals surface area contributed by atoms with Crippen molar-refractivity contribution < 1.29 is 4.79 Å². The quantitative estimate of drug-likeness (QED) is 0.689. The van der Waals surface area contributed by atoms with Gasteiger partial charge in [0.25, 0.3) is 0 Å². The zero-order chi connectivity index (χ0) is 12.3. The van der Waals surface area contributed by atoms with Crippen LogP contribution < -0.4 is 0 Å². The summed E-state index contributed by atoms with van der Waals surface area (Å²) < 4.78 is 0.975. The van der Waals surface area contributed by atoms with Crippen molar-refractivity contribution in [1.82, 2.24) is 0 Å². The monoisotopic (exact) mass is 314 g/mol. The van der Waals surface area contributed by atoms with Gasteiger partial charge in [-0.1, -0.05) is 19.8 Å². The molecule has 0 unspecified atom stereocenters. The molecule has 0 spiro atoms. The lowest BCUT2D eigenvalue weighted by atomic mass is 9.77. The number of hydrogen-bond donors (Lipinski definition) is 0. The van der Waals surface area contributed by atoms with Crippen LogP contribution in [0.5, 0.6) is 0 Å². The molecule has 1 saturated carbocycles. The van der Waals surface area contributed by atoms with Crippen molar-refractivity contribution in [3.05, 3.63) is 20.8 Å². The Morgan fingerprint density at radius 3 is 2.59 bits per heavy atom. The first-order valence-corrected chi connectivity index (χ1v) is 8.21. The lowest BCUT2D eigenvalue weighted by molar-refractivity contribution is 0.0869. The van der Waals surface area contributed by atoms with Crippen molar-refractivity contribution in [1.29, 1.82) is 0 Å². The van der Waals surface area contributed by atoms with Crippen LogP contribution in [0.4, 0.5) is 0 Å². The van der Waals surface area contributed by atoms with Crippen molar-refractivity contribution in [2.75, 3.05) is 0 Å². The summed E-state index contributed by atoms with van der Waals surface area (Å²) >= 11 is 5.06. The Bertz CT molecular complexity index is 377. The van der Waals surface area contributed by atoms with Crippen LogP contribution in [0.25, 0.3) is 0 Å². The Labute approximate surface area is 116 Å². The first-order chi connectivity index (χ1) is 8.22. The van der Waals surface area contributed by atoms with Crippen LogP contribution in [0.3, 0.4) is 0 Å².